The van der Waals surface area contributed by atoms with E-state index in [-0.39, 0.29) is 23.3 Å². The first-order valence-corrected chi connectivity index (χ1v) is 11.8. The van der Waals surface area contributed by atoms with Crippen molar-refractivity contribution in [1.29, 1.82) is 0 Å². The van der Waals surface area contributed by atoms with Crippen LogP contribution in [0.4, 0.5) is 17.1 Å². The molecule has 0 bridgehead atoms. The highest BCUT2D eigenvalue weighted by Crippen LogP contribution is 2.38. The Balaban J connectivity index is 1.96. The SMILES string of the molecule is CCN1C(=O)C(C)(C)COc2ccc(NS(=O)(=O)c3cc(C)c(NC(C)=O)c(C)c3)cc21. The Hall–Kier alpha value is -3.07. The zero-order valence-electron chi connectivity index (χ0n) is 19.2. The maximum absolute atomic E-state index is 13.1. The summed E-state index contributed by atoms with van der Waals surface area (Å²) < 4.78 is 34.6. The number of benzene rings is 2. The number of carbonyl (C=O) groups is 2. The van der Waals surface area contributed by atoms with Gasteiger partial charge in [0.1, 0.15) is 12.4 Å². The summed E-state index contributed by atoms with van der Waals surface area (Å²) in [5.41, 5.74) is 2.02. The van der Waals surface area contributed by atoms with Crippen LogP contribution in [0.15, 0.2) is 35.2 Å². The Labute approximate surface area is 189 Å². The van der Waals surface area contributed by atoms with E-state index < -0.39 is 15.4 Å². The first kappa shape index (κ1) is 23.6. The van der Waals surface area contributed by atoms with Gasteiger partial charge in [-0.05, 0) is 76.1 Å². The lowest BCUT2D eigenvalue weighted by Crippen LogP contribution is -2.42. The first-order valence-electron chi connectivity index (χ1n) is 10.4. The number of hydrogen-bond donors (Lipinski definition) is 2. The monoisotopic (exact) mass is 459 g/mol. The van der Waals surface area contributed by atoms with Gasteiger partial charge in [-0.3, -0.25) is 14.3 Å². The second-order valence-corrected chi connectivity index (χ2v) is 10.3. The van der Waals surface area contributed by atoms with Gasteiger partial charge in [-0.15, -0.1) is 0 Å². The second-order valence-electron chi connectivity index (χ2n) is 8.62. The predicted molar refractivity (Wildman–Crippen MR) is 125 cm³/mol. The van der Waals surface area contributed by atoms with Crippen LogP contribution in [0.5, 0.6) is 5.75 Å². The number of ether oxygens (including phenoxy) is 1. The predicted octanol–water partition coefficient (Wildman–Crippen LogP) is 3.83. The third-order valence-electron chi connectivity index (χ3n) is 5.35. The van der Waals surface area contributed by atoms with Gasteiger partial charge >= 0.3 is 0 Å². The highest BCUT2D eigenvalue weighted by atomic mass is 32.2. The quantitative estimate of drug-likeness (QED) is 0.707. The van der Waals surface area contributed by atoms with Gasteiger partial charge in [0.25, 0.3) is 10.0 Å². The number of aryl methyl sites for hydroxylation is 2. The van der Waals surface area contributed by atoms with Gasteiger partial charge in [0.2, 0.25) is 11.8 Å². The third kappa shape index (κ3) is 4.57. The largest absolute Gasteiger partial charge is 0.490 e. The van der Waals surface area contributed by atoms with E-state index in [9.17, 15) is 18.0 Å². The van der Waals surface area contributed by atoms with Gasteiger partial charge in [0, 0.05) is 19.2 Å². The van der Waals surface area contributed by atoms with Crippen LogP contribution in [-0.4, -0.2) is 33.4 Å². The number of rotatable bonds is 5. The van der Waals surface area contributed by atoms with Crippen molar-refractivity contribution in [2.24, 2.45) is 5.41 Å². The molecule has 0 atom stereocenters. The van der Waals surface area contributed by atoms with Crippen LogP contribution in [0.3, 0.4) is 0 Å². The molecule has 8 nitrogen and oxygen atoms in total. The Morgan fingerprint density at radius 1 is 1.16 bits per heavy atom. The van der Waals surface area contributed by atoms with E-state index in [0.29, 0.717) is 40.5 Å². The summed E-state index contributed by atoms with van der Waals surface area (Å²) in [4.78, 5) is 26.0. The third-order valence-corrected chi connectivity index (χ3v) is 6.71. The number of sulfonamides is 1. The van der Waals surface area contributed by atoms with Crippen molar-refractivity contribution in [3.05, 3.63) is 41.5 Å². The van der Waals surface area contributed by atoms with Crippen LogP contribution in [-0.2, 0) is 19.6 Å². The van der Waals surface area contributed by atoms with Gasteiger partial charge in [-0.25, -0.2) is 8.42 Å². The van der Waals surface area contributed by atoms with Crippen LogP contribution in [0.25, 0.3) is 0 Å². The standard InChI is InChI=1S/C23H29N3O5S/c1-7-26-19-12-17(8-9-20(19)31-13-23(5,6)22(26)28)25-32(29,30)18-10-14(2)21(15(3)11-18)24-16(4)27/h8-12,25H,7,13H2,1-6H3,(H,24,27). The maximum atomic E-state index is 13.1. The zero-order valence-corrected chi connectivity index (χ0v) is 20.0. The summed E-state index contributed by atoms with van der Waals surface area (Å²) in [6.07, 6.45) is 0. The summed E-state index contributed by atoms with van der Waals surface area (Å²) in [5.74, 6) is 0.217. The van der Waals surface area contributed by atoms with Gasteiger partial charge in [0.05, 0.1) is 21.7 Å². The Kier molecular flexibility index (Phi) is 6.24. The Morgan fingerprint density at radius 2 is 1.78 bits per heavy atom. The highest BCUT2D eigenvalue weighted by Gasteiger charge is 2.37. The molecule has 32 heavy (non-hydrogen) atoms. The van der Waals surface area contributed by atoms with Crippen molar-refractivity contribution in [2.45, 2.75) is 46.4 Å². The highest BCUT2D eigenvalue weighted by molar-refractivity contribution is 7.92. The Morgan fingerprint density at radius 3 is 2.34 bits per heavy atom. The van der Waals surface area contributed by atoms with E-state index in [2.05, 4.69) is 10.0 Å². The molecule has 2 N–H and O–H groups in total. The van der Waals surface area contributed by atoms with E-state index in [0.717, 1.165) is 0 Å². The lowest BCUT2D eigenvalue weighted by Gasteiger charge is -2.27. The molecule has 3 rings (SSSR count). The fraction of sp³-hybridized carbons (Fsp3) is 0.391. The molecule has 1 aliphatic rings. The fourth-order valence-electron chi connectivity index (χ4n) is 3.69. The zero-order chi connectivity index (χ0) is 23.8. The van der Waals surface area contributed by atoms with E-state index in [4.69, 9.17) is 4.74 Å². The molecule has 9 heteroatoms. The number of carbonyl (C=O) groups excluding carboxylic acids is 2. The lowest BCUT2D eigenvalue weighted by atomic mass is 9.93. The molecule has 1 heterocycles. The van der Waals surface area contributed by atoms with E-state index in [1.54, 1.807) is 36.9 Å². The summed E-state index contributed by atoms with van der Waals surface area (Å²) in [7, 11) is -3.91. The minimum atomic E-state index is -3.91. The number of fused-ring (bicyclic) bond motifs is 1. The molecule has 0 fully saturated rings. The summed E-state index contributed by atoms with van der Waals surface area (Å²) >= 11 is 0. The fourth-order valence-corrected chi connectivity index (χ4v) is 4.91. The van der Waals surface area contributed by atoms with Gasteiger partial charge in [-0.1, -0.05) is 0 Å². The number of nitrogens with one attached hydrogen (secondary N) is 2. The van der Waals surface area contributed by atoms with Crippen molar-refractivity contribution in [3.8, 4) is 5.75 Å². The minimum Gasteiger partial charge on any atom is -0.490 e. The summed E-state index contributed by atoms with van der Waals surface area (Å²) in [5, 5.41) is 2.73. The molecular weight excluding hydrogens is 430 g/mol. The average Bonchev–Trinajstić information content (AvgIpc) is 2.78. The number of amides is 2. The van der Waals surface area contributed by atoms with Crippen LogP contribution in [0.1, 0.15) is 38.8 Å². The average molecular weight is 460 g/mol. The molecule has 0 saturated heterocycles. The van der Waals surface area contributed by atoms with Gasteiger partial charge < -0.3 is 15.0 Å². The van der Waals surface area contributed by atoms with Crippen LogP contribution >= 0.6 is 0 Å². The van der Waals surface area contributed by atoms with Crippen LogP contribution < -0.4 is 19.7 Å². The molecule has 0 aromatic heterocycles. The van der Waals surface area contributed by atoms with Gasteiger partial charge in [0.15, 0.2) is 0 Å². The second kappa shape index (κ2) is 8.46. The molecule has 172 valence electrons. The lowest BCUT2D eigenvalue weighted by molar-refractivity contribution is -0.127. The van der Waals surface area contributed by atoms with Crippen LogP contribution in [0.2, 0.25) is 0 Å². The minimum absolute atomic E-state index is 0.0809. The first-order chi connectivity index (χ1) is 14.9. The van der Waals surface area contributed by atoms with Crippen LogP contribution in [0, 0.1) is 19.3 Å². The Bertz CT molecular complexity index is 1170. The van der Waals surface area contributed by atoms with Crippen molar-refractivity contribution in [1.82, 2.24) is 0 Å². The number of nitrogens with zero attached hydrogens (tertiary/aromatic N) is 1. The van der Waals surface area contributed by atoms with Crippen molar-refractivity contribution in [3.63, 3.8) is 0 Å². The normalized spacial score (nSPS) is 15.4. The van der Waals surface area contributed by atoms with Crippen molar-refractivity contribution < 1.29 is 22.7 Å². The molecule has 2 amide bonds. The van der Waals surface area contributed by atoms with E-state index in [1.807, 2.05) is 20.8 Å². The van der Waals surface area contributed by atoms with E-state index >= 15 is 0 Å². The molecule has 0 saturated carbocycles. The molecule has 0 radical (unpaired) electrons. The smallest absolute Gasteiger partial charge is 0.261 e. The molecule has 0 aliphatic carbocycles. The molecule has 0 unspecified atom stereocenters. The summed E-state index contributed by atoms with van der Waals surface area (Å²) in [6, 6.07) is 7.91. The molecular formula is C23H29N3O5S. The molecule has 2 aromatic rings. The van der Waals surface area contributed by atoms with Crippen molar-refractivity contribution >= 4 is 38.9 Å². The molecule has 0 spiro atoms. The summed E-state index contributed by atoms with van der Waals surface area (Å²) in [6.45, 7) is 11.1. The molecule has 1 aliphatic heterocycles. The van der Waals surface area contributed by atoms with Gasteiger partial charge in [-0.2, -0.15) is 0 Å². The van der Waals surface area contributed by atoms with Crippen molar-refractivity contribution in [2.75, 3.05) is 28.1 Å². The van der Waals surface area contributed by atoms with E-state index in [1.165, 1.54) is 19.1 Å². The topological polar surface area (TPSA) is 105 Å². The number of hydrogen-bond acceptors (Lipinski definition) is 5. The molecule has 2 aromatic carbocycles. The maximum Gasteiger partial charge on any atom is 0.261 e. The number of anilines is 3.